The van der Waals surface area contributed by atoms with Crippen molar-refractivity contribution < 1.29 is 28.6 Å². The van der Waals surface area contributed by atoms with E-state index >= 15 is 0 Å². The molecule has 274 valence electrons. The van der Waals surface area contributed by atoms with E-state index in [1.165, 1.54) is 77.0 Å². The first-order valence-electron chi connectivity index (χ1n) is 19.8. The lowest BCUT2D eigenvalue weighted by Crippen LogP contribution is -2.30. The Morgan fingerprint density at radius 3 is 1.26 bits per heavy atom. The van der Waals surface area contributed by atoms with Crippen LogP contribution in [0.3, 0.4) is 0 Å². The molecule has 0 heterocycles. The van der Waals surface area contributed by atoms with E-state index in [1.54, 1.807) is 0 Å². The van der Waals surface area contributed by atoms with Gasteiger partial charge in [0.15, 0.2) is 6.10 Å². The summed E-state index contributed by atoms with van der Waals surface area (Å²) in [5, 5.41) is 0. The number of hydrogen-bond donors (Lipinski definition) is 0. The zero-order chi connectivity index (χ0) is 34.5. The molecule has 0 saturated heterocycles. The minimum absolute atomic E-state index is 0.0738. The largest absolute Gasteiger partial charge is 0.462 e. The second-order valence-corrected chi connectivity index (χ2v) is 13.2. The van der Waals surface area contributed by atoms with Crippen molar-refractivity contribution in [3.05, 3.63) is 24.3 Å². The molecule has 0 bridgehead atoms. The van der Waals surface area contributed by atoms with Gasteiger partial charge in [0.1, 0.15) is 13.2 Å². The maximum atomic E-state index is 12.6. The Labute approximate surface area is 290 Å². The molecule has 0 aliphatic rings. The smallest absolute Gasteiger partial charge is 0.306 e. The second kappa shape index (κ2) is 36.7. The Morgan fingerprint density at radius 2 is 0.809 bits per heavy atom. The third kappa shape index (κ3) is 35.0. The number of hydrogen-bond acceptors (Lipinski definition) is 6. The fourth-order valence-corrected chi connectivity index (χ4v) is 5.42. The molecule has 0 aliphatic heterocycles. The number of carbonyl (C=O) groups excluding carboxylic acids is 3. The highest BCUT2D eigenvalue weighted by atomic mass is 16.6. The van der Waals surface area contributed by atoms with Crippen LogP contribution in [0.25, 0.3) is 0 Å². The van der Waals surface area contributed by atoms with Crippen LogP contribution in [0, 0.1) is 0 Å². The molecule has 1 atom stereocenters. The van der Waals surface area contributed by atoms with Crippen molar-refractivity contribution in [2.24, 2.45) is 0 Å². The van der Waals surface area contributed by atoms with Gasteiger partial charge in [-0.05, 0) is 44.9 Å². The zero-order valence-corrected chi connectivity index (χ0v) is 31.0. The van der Waals surface area contributed by atoms with E-state index in [0.717, 1.165) is 83.5 Å². The lowest BCUT2D eigenvalue weighted by Gasteiger charge is -2.18. The van der Waals surface area contributed by atoms with Crippen molar-refractivity contribution in [1.29, 1.82) is 0 Å². The van der Waals surface area contributed by atoms with E-state index in [-0.39, 0.29) is 31.1 Å². The minimum atomic E-state index is -0.766. The summed E-state index contributed by atoms with van der Waals surface area (Å²) in [4.78, 5) is 37.3. The van der Waals surface area contributed by atoms with Gasteiger partial charge < -0.3 is 14.2 Å². The molecule has 0 aromatic heterocycles. The third-order valence-electron chi connectivity index (χ3n) is 8.44. The molecule has 0 aromatic carbocycles. The van der Waals surface area contributed by atoms with Crippen LogP contribution < -0.4 is 0 Å². The van der Waals surface area contributed by atoms with Gasteiger partial charge in [0.2, 0.25) is 0 Å². The summed E-state index contributed by atoms with van der Waals surface area (Å²) in [7, 11) is 0. The van der Waals surface area contributed by atoms with Crippen molar-refractivity contribution in [3.8, 4) is 0 Å². The van der Waals surface area contributed by atoms with Crippen LogP contribution in [0.4, 0.5) is 0 Å². The molecule has 0 saturated carbocycles. The van der Waals surface area contributed by atoms with E-state index in [1.807, 2.05) is 0 Å². The molecule has 0 rings (SSSR count). The van der Waals surface area contributed by atoms with E-state index in [9.17, 15) is 14.4 Å². The monoisotopic (exact) mass is 663 g/mol. The second-order valence-electron chi connectivity index (χ2n) is 13.2. The van der Waals surface area contributed by atoms with Gasteiger partial charge >= 0.3 is 17.9 Å². The van der Waals surface area contributed by atoms with Gasteiger partial charge in [-0.2, -0.15) is 0 Å². The molecule has 47 heavy (non-hydrogen) atoms. The summed E-state index contributed by atoms with van der Waals surface area (Å²) in [6.07, 6.45) is 37.4. The molecule has 0 radical (unpaired) electrons. The normalized spacial score (nSPS) is 12.1. The van der Waals surface area contributed by atoms with Crippen LogP contribution in [0.2, 0.25) is 0 Å². The van der Waals surface area contributed by atoms with Crippen LogP contribution >= 0.6 is 0 Å². The van der Waals surface area contributed by atoms with Gasteiger partial charge in [0.25, 0.3) is 0 Å². The lowest BCUT2D eigenvalue weighted by atomic mass is 10.1. The molecule has 6 nitrogen and oxygen atoms in total. The number of carbonyl (C=O) groups is 3. The van der Waals surface area contributed by atoms with E-state index in [2.05, 4.69) is 45.1 Å². The summed E-state index contributed by atoms with van der Waals surface area (Å²) in [5.74, 6) is -0.900. The molecule has 0 N–H and O–H groups in total. The van der Waals surface area contributed by atoms with Crippen molar-refractivity contribution in [3.63, 3.8) is 0 Å². The van der Waals surface area contributed by atoms with Crippen LogP contribution in [0.1, 0.15) is 201 Å². The number of ether oxygens (including phenoxy) is 3. The van der Waals surface area contributed by atoms with Gasteiger partial charge in [-0.15, -0.1) is 0 Å². The molecule has 0 fully saturated rings. The van der Waals surface area contributed by atoms with E-state index in [0.29, 0.717) is 19.3 Å². The summed E-state index contributed by atoms with van der Waals surface area (Å²) >= 11 is 0. The van der Waals surface area contributed by atoms with Crippen molar-refractivity contribution in [2.45, 2.75) is 207 Å². The third-order valence-corrected chi connectivity index (χ3v) is 8.44. The number of unbranched alkanes of at least 4 members (excludes halogenated alkanes) is 20. The first-order valence-corrected chi connectivity index (χ1v) is 19.8. The summed E-state index contributed by atoms with van der Waals surface area (Å²) in [6.45, 7) is 6.48. The zero-order valence-electron chi connectivity index (χ0n) is 31.0. The van der Waals surface area contributed by atoms with Crippen molar-refractivity contribution in [2.75, 3.05) is 13.2 Å². The maximum absolute atomic E-state index is 12.6. The van der Waals surface area contributed by atoms with Crippen molar-refractivity contribution >= 4 is 17.9 Å². The minimum Gasteiger partial charge on any atom is -0.462 e. The molecular weight excluding hydrogens is 588 g/mol. The Morgan fingerprint density at radius 1 is 0.426 bits per heavy atom. The Balaban J connectivity index is 4.34. The predicted molar refractivity (Wildman–Crippen MR) is 196 cm³/mol. The Hall–Kier alpha value is -2.11. The molecule has 0 aromatic rings. The first-order chi connectivity index (χ1) is 23.0. The predicted octanol–water partition coefficient (Wildman–Crippen LogP) is 12.1. The Bertz CT molecular complexity index is 774. The molecule has 0 aliphatic carbocycles. The molecule has 0 spiro atoms. The van der Waals surface area contributed by atoms with E-state index in [4.69, 9.17) is 14.2 Å². The van der Waals surface area contributed by atoms with Crippen LogP contribution in [-0.4, -0.2) is 37.2 Å². The van der Waals surface area contributed by atoms with Gasteiger partial charge in [-0.3, -0.25) is 14.4 Å². The fraction of sp³-hybridized carbons (Fsp3) is 0.829. The topological polar surface area (TPSA) is 78.9 Å². The summed E-state index contributed by atoms with van der Waals surface area (Å²) in [5.41, 5.74) is 0. The molecule has 6 heteroatoms. The molecule has 1 unspecified atom stereocenters. The number of allylic oxidation sites excluding steroid dienone is 4. The fourth-order valence-electron chi connectivity index (χ4n) is 5.42. The van der Waals surface area contributed by atoms with E-state index < -0.39 is 6.10 Å². The lowest BCUT2D eigenvalue weighted by molar-refractivity contribution is -0.167. The molecule has 0 amide bonds. The maximum Gasteiger partial charge on any atom is 0.306 e. The average Bonchev–Trinajstić information content (AvgIpc) is 3.06. The Kier molecular flexibility index (Phi) is 35.1. The van der Waals surface area contributed by atoms with Crippen LogP contribution in [0.5, 0.6) is 0 Å². The van der Waals surface area contributed by atoms with Crippen LogP contribution in [-0.2, 0) is 28.6 Å². The molecular formula is C41H74O6. The number of esters is 3. The highest BCUT2D eigenvalue weighted by molar-refractivity contribution is 5.71. The summed E-state index contributed by atoms with van der Waals surface area (Å²) in [6, 6.07) is 0. The average molecular weight is 663 g/mol. The quantitative estimate of drug-likeness (QED) is 0.0291. The van der Waals surface area contributed by atoms with Gasteiger partial charge in [0, 0.05) is 19.3 Å². The standard InChI is InChI=1S/C41H74O6/c1-4-7-10-13-16-18-19-20-21-23-25-28-31-34-40(43)46-37-38(36-45-39(42)33-30-27-24-15-12-9-6-3)47-41(44)35-32-29-26-22-17-14-11-8-5-2/h10,13,18-19,38H,4-9,11-12,14-17,20-37H2,1-3H3/b13-10-,19-18-. The van der Waals surface area contributed by atoms with Crippen molar-refractivity contribution in [1.82, 2.24) is 0 Å². The number of rotatable bonds is 35. The highest BCUT2D eigenvalue weighted by Crippen LogP contribution is 2.13. The highest BCUT2D eigenvalue weighted by Gasteiger charge is 2.19. The first kappa shape index (κ1) is 44.9. The summed E-state index contributed by atoms with van der Waals surface area (Å²) < 4.78 is 16.5. The van der Waals surface area contributed by atoms with Crippen LogP contribution in [0.15, 0.2) is 24.3 Å². The van der Waals surface area contributed by atoms with Gasteiger partial charge in [-0.25, -0.2) is 0 Å². The van der Waals surface area contributed by atoms with Gasteiger partial charge in [0.05, 0.1) is 0 Å². The van der Waals surface area contributed by atoms with Gasteiger partial charge in [-0.1, -0.05) is 161 Å². The SMILES string of the molecule is CCC/C=C\C/C=C\CCCCCCCC(=O)OCC(COC(=O)CCCCCCCCC)OC(=O)CCCCCCCCCCC.